The number of halogens is 3. The van der Waals surface area contributed by atoms with Crippen LogP contribution in [0.15, 0.2) is 0 Å². The molecular formula is C8H11Br3O3. The highest BCUT2D eigenvalue weighted by molar-refractivity contribution is 9.39. The summed E-state index contributed by atoms with van der Waals surface area (Å²) in [5.74, 6) is -1.58. The number of alkyl halides is 3. The number of carbonyl (C=O) groups is 1. The van der Waals surface area contributed by atoms with Gasteiger partial charge in [-0.25, -0.2) is 0 Å². The van der Waals surface area contributed by atoms with Crippen LogP contribution in [-0.4, -0.2) is 24.4 Å². The van der Waals surface area contributed by atoms with Crippen LogP contribution in [0.5, 0.6) is 0 Å². The Labute approximate surface area is 108 Å². The summed E-state index contributed by atoms with van der Waals surface area (Å²) in [5.41, 5.74) is -0.355. The molecule has 0 heterocycles. The van der Waals surface area contributed by atoms with Crippen LogP contribution >= 0.6 is 47.8 Å². The smallest absolute Gasteiger partial charge is 0.307 e. The van der Waals surface area contributed by atoms with E-state index >= 15 is 0 Å². The largest absolute Gasteiger partial charge is 0.481 e. The molecule has 0 aromatic rings. The van der Waals surface area contributed by atoms with E-state index in [0.717, 1.165) is 0 Å². The van der Waals surface area contributed by atoms with Crippen LogP contribution in [0.25, 0.3) is 0 Å². The molecule has 1 aliphatic rings. The topological polar surface area (TPSA) is 57.5 Å². The Bertz CT molecular complexity index is 259. The lowest BCUT2D eigenvalue weighted by Crippen LogP contribution is -2.28. The maximum atomic E-state index is 10.9. The zero-order chi connectivity index (χ0) is 11.3. The summed E-state index contributed by atoms with van der Waals surface area (Å²) in [6.07, 6.45) is -0.793. The average Bonchev–Trinajstić information content (AvgIpc) is 2.49. The summed E-state index contributed by atoms with van der Waals surface area (Å²) in [5, 5.41) is 18.8. The molecule has 1 rings (SSSR count). The van der Waals surface area contributed by atoms with Gasteiger partial charge in [0.05, 0.1) is 12.0 Å². The molecular weight excluding hydrogens is 384 g/mol. The normalized spacial score (nSPS) is 32.4. The van der Waals surface area contributed by atoms with Crippen LogP contribution in [-0.2, 0) is 4.79 Å². The summed E-state index contributed by atoms with van der Waals surface area (Å²) >= 11 is 9.61. The number of hydrogen-bond donors (Lipinski definition) is 2. The number of hydrogen-bond acceptors (Lipinski definition) is 2. The van der Waals surface area contributed by atoms with Gasteiger partial charge < -0.3 is 10.2 Å². The highest BCUT2D eigenvalue weighted by atomic mass is 80.0. The second-order valence-corrected chi connectivity index (χ2v) is 11.1. The highest BCUT2D eigenvalue weighted by Gasteiger charge is 2.67. The van der Waals surface area contributed by atoms with Crippen LogP contribution in [0, 0.1) is 17.3 Å². The van der Waals surface area contributed by atoms with Crippen molar-refractivity contribution in [2.45, 2.75) is 22.1 Å². The monoisotopic (exact) mass is 392 g/mol. The van der Waals surface area contributed by atoms with Crippen molar-refractivity contribution in [1.82, 2.24) is 0 Å². The minimum atomic E-state index is -0.851. The zero-order valence-electron chi connectivity index (χ0n) is 7.67. The Kier molecular flexibility index (Phi) is 3.43. The zero-order valence-corrected chi connectivity index (χ0v) is 12.4. The lowest BCUT2D eigenvalue weighted by molar-refractivity contribution is -0.139. The van der Waals surface area contributed by atoms with Crippen molar-refractivity contribution in [1.29, 1.82) is 0 Å². The molecule has 1 fully saturated rings. The van der Waals surface area contributed by atoms with Gasteiger partial charge in [-0.2, -0.15) is 0 Å². The number of carboxylic acids is 1. The number of rotatable bonds is 2. The number of aliphatic hydroxyl groups is 1. The van der Waals surface area contributed by atoms with Gasteiger partial charge in [-0.05, 0) is 5.41 Å². The molecule has 3 nitrogen and oxygen atoms in total. The molecule has 0 aromatic carbocycles. The molecule has 0 spiro atoms. The number of aliphatic hydroxyl groups excluding tert-OH is 1. The molecule has 14 heavy (non-hydrogen) atoms. The molecule has 0 saturated heterocycles. The average molecular weight is 395 g/mol. The van der Waals surface area contributed by atoms with Gasteiger partial charge >= 0.3 is 5.97 Å². The molecule has 0 amide bonds. The summed E-state index contributed by atoms with van der Waals surface area (Å²) in [6.45, 7) is 3.69. The standard InChI is InChI=1S/C8H11Br3O3/c1-7(2)3(4(7)6(13)14)5(12)8(9,10)11/h3-5,12H,1-2H3,(H,13,14)/t3-,4+,5?/m1/s1. The van der Waals surface area contributed by atoms with E-state index in [9.17, 15) is 9.90 Å². The number of carboxylic acid groups (broad SMARTS) is 1. The van der Waals surface area contributed by atoms with Crippen LogP contribution in [0.2, 0.25) is 0 Å². The van der Waals surface area contributed by atoms with Crippen molar-refractivity contribution in [2.24, 2.45) is 17.3 Å². The fourth-order valence-electron chi connectivity index (χ4n) is 1.94. The molecule has 0 aromatic heterocycles. The summed E-state index contributed by atoms with van der Waals surface area (Å²) < 4.78 is -0.806. The van der Waals surface area contributed by atoms with Gasteiger partial charge in [-0.3, -0.25) is 4.79 Å². The van der Waals surface area contributed by atoms with Crippen LogP contribution in [0.4, 0.5) is 0 Å². The van der Waals surface area contributed by atoms with E-state index in [1.807, 2.05) is 13.8 Å². The first-order valence-electron chi connectivity index (χ1n) is 4.07. The molecule has 0 radical (unpaired) electrons. The van der Waals surface area contributed by atoms with Crippen molar-refractivity contribution < 1.29 is 15.0 Å². The molecule has 1 saturated carbocycles. The summed E-state index contributed by atoms with van der Waals surface area (Å²) in [6, 6.07) is 0. The predicted molar refractivity (Wildman–Crippen MR) is 63.9 cm³/mol. The van der Waals surface area contributed by atoms with E-state index in [2.05, 4.69) is 47.8 Å². The Morgan fingerprint density at radius 2 is 1.86 bits per heavy atom. The Morgan fingerprint density at radius 3 is 2.07 bits per heavy atom. The van der Waals surface area contributed by atoms with Gasteiger partial charge in [-0.1, -0.05) is 61.6 Å². The summed E-state index contributed by atoms with van der Waals surface area (Å²) in [4.78, 5) is 10.9. The second kappa shape index (κ2) is 3.71. The van der Waals surface area contributed by atoms with Crippen molar-refractivity contribution in [3.05, 3.63) is 0 Å². The molecule has 3 atom stereocenters. The third kappa shape index (κ3) is 2.18. The van der Waals surface area contributed by atoms with Gasteiger partial charge in [0.15, 0.2) is 2.14 Å². The first-order valence-corrected chi connectivity index (χ1v) is 6.45. The third-order valence-electron chi connectivity index (χ3n) is 2.85. The molecule has 82 valence electrons. The Balaban J connectivity index is 2.79. The summed E-state index contributed by atoms with van der Waals surface area (Å²) in [7, 11) is 0. The molecule has 0 bridgehead atoms. The van der Waals surface area contributed by atoms with E-state index in [4.69, 9.17) is 5.11 Å². The van der Waals surface area contributed by atoms with Gasteiger partial charge in [0.2, 0.25) is 0 Å². The third-order valence-corrected chi connectivity index (χ3v) is 4.26. The van der Waals surface area contributed by atoms with Crippen molar-refractivity contribution in [2.75, 3.05) is 0 Å². The second-order valence-electron chi connectivity index (χ2n) is 4.15. The molecule has 0 aliphatic heterocycles. The van der Waals surface area contributed by atoms with Crippen LogP contribution in [0.1, 0.15) is 13.8 Å². The van der Waals surface area contributed by atoms with E-state index in [0.29, 0.717) is 0 Å². The van der Waals surface area contributed by atoms with E-state index in [1.54, 1.807) is 0 Å². The predicted octanol–water partition coefficient (Wildman–Crippen LogP) is 2.54. The SMILES string of the molecule is CC1(C)[C@H](C(=O)O)[C@@H]1C(O)C(Br)(Br)Br. The highest BCUT2D eigenvalue weighted by Crippen LogP contribution is 2.63. The molecule has 2 N–H and O–H groups in total. The fourth-order valence-corrected chi connectivity index (χ4v) is 2.80. The van der Waals surface area contributed by atoms with Gasteiger partial charge in [0, 0.05) is 5.92 Å². The van der Waals surface area contributed by atoms with E-state index in [-0.39, 0.29) is 11.3 Å². The van der Waals surface area contributed by atoms with Crippen molar-refractivity contribution in [3.8, 4) is 0 Å². The van der Waals surface area contributed by atoms with E-state index < -0.39 is 20.1 Å². The first kappa shape index (κ1) is 12.9. The molecule has 1 aliphatic carbocycles. The van der Waals surface area contributed by atoms with Crippen LogP contribution < -0.4 is 0 Å². The lowest BCUT2D eigenvalue weighted by Gasteiger charge is -2.21. The van der Waals surface area contributed by atoms with Gasteiger partial charge in [0.1, 0.15) is 0 Å². The van der Waals surface area contributed by atoms with Crippen molar-refractivity contribution in [3.63, 3.8) is 0 Å². The van der Waals surface area contributed by atoms with Crippen molar-refractivity contribution >= 4 is 53.8 Å². The lowest BCUT2D eigenvalue weighted by atomic mass is 10.1. The Hall–Kier alpha value is 0.870. The van der Waals surface area contributed by atoms with Gasteiger partial charge in [0.25, 0.3) is 0 Å². The van der Waals surface area contributed by atoms with E-state index in [1.165, 1.54) is 0 Å². The van der Waals surface area contributed by atoms with Gasteiger partial charge in [-0.15, -0.1) is 0 Å². The first-order chi connectivity index (χ1) is 6.10. The fraction of sp³-hybridized carbons (Fsp3) is 0.875. The minimum Gasteiger partial charge on any atom is -0.481 e. The minimum absolute atomic E-state index is 0.252. The number of aliphatic carboxylic acids is 1. The Morgan fingerprint density at radius 1 is 1.43 bits per heavy atom. The quantitative estimate of drug-likeness (QED) is 0.708. The molecule has 6 heteroatoms. The molecule has 1 unspecified atom stereocenters. The maximum absolute atomic E-state index is 10.9. The maximum Gasteiger partial charge on any atom is 0.307 e. The van der Waals surface area contributed by atoms with Crippen LogP contribution in [0.3, 0.4) is 0 Å².